The highest BCUT2D eigenvalue weighted by Gasteiger charge is 2.18. The monoisotopic (exact) mass is 438 g/mol. The van der Waals surface area contributed by atoms with Crippen molar-refractivity contribution >= 4 is 11.8 Å². The molecule has 3 aromatic rings. The highest BCUT2D eigenvalue weighted by atomic mass is 32.2. The van der Waals surface area contributed by atoms with Gasteiger partial charge in [-0.05, 0) is 49.7 Å². The fourth-order valence-corrected chi connectivity index (χ4v) is 4.86. The van der Waals surface area contributed by atoms with Gasteiger partial charge in [-0.25, -0.2) is 0 Å². The summed E-state index contributed by atoms with van der Waals surface area (Å²) in [5, 5.41) is 10.1. The Morgan fingerprint density at radius 1 is 0.903 bits per heavy atom. The summed E-state index contributed by atoms with van der Waals surface area (Å²) < 4.78 is 13.2. The smallest absolute Gasteiger partial charge is 0.191 e. The van der Waals surface area contributed by atoms with E-state index in [0.29, 0.717) is 0 Å². The summed E-state index contributed by atoms with van der Waals surface area (Å²) >= 11 is 1.69. The Labute approximate surface area is 188 Å². The Morgan fingerprint density at radius 3 is 2.45 bits per heavy atom. The highest BCUT2D eigenvalue weighted by molar-refractivity contribution is 7.98. The Hall–Kier alpha value is -2.51. The summed E-state index contributed by atoms with van der Waals surface area (Å²) in [6, 6.07) is 16.4. The number of thioether (sulfide) groups is 1. The van der Waals surface area contributed by atoms with Gasteiger partial charge in [0.2, 0.25) is 0 Å². The molecule has 1 aromatic heterocycles. The van der Waals surface area contributed by atoms with Crippen LogP contribution in [0.1, 0.15) is 36.2 Å². The van der Waals surface area contributed by atoms with Crippen LogP contribution in [0.15, 0.2) is 53.7 Å². The van der Waals surface area contributed by atoms with Gasteiger partial charge < -0.3 is 14.0 Å². The maximum Gasteiger partial charge on any atom is 0.191 e. The Bertz CT molecular complexity index is 971. The van der Waals surface area contributed by atoms with Crippen molar-refractivity contribution < 1.29 is 9.47 Å². The Balaban J connectivity index is 1.56. The van der Waals surface area contributed by atoms with Crippen LogP contribution in [-0.4, -0.2) is 47.0 Å². The first kappa shape index (κ1) is 21.7. The molecule has 0 radical (unpaired) electrons. The SMILES string of the molecule is COc1ccc(OC)c(CSc2nnc(CN3CCCCC3)n2Cc2ccccc2)c1. The van der Waals surface area contributed by atoms with Gasteiger partial charge >= 0.3 is 0 Å². The van der Waals surface area contributed by atoms with Crippen molar-refractivity contribution in [3.8, 4) is 11.5 Å². The molecule has 1 aliphatic rings. The van der Waals surface area contributed by atoms with E-state index in [0.717, 1.165) is 60.0 Å². The zero-order chi connectivity index (χ0) is 21.5. The summed E-state index contributed by atoms with van der Waals surface area (Å²) in [6.07, 6.45) is 3.87. The number of benzene rings is 2. The van der Waals surface area contributed by atoms with E-state index in [1.54, 1.807) is 26.0 Å². The number of piperidine rings is 1. The van der Waals surface area contributed by atoms with Crippen LogP contribution in [0.4, 0.5) is 0 Å². The molecule has 1 fully saturated rings. The molecular formula is C24H30N4O2S. The molecule has 7 heteroatoms. The lowest BCUT2D eigenvalue weighted by molar-refractivity contribution is 0.213. The van der Waals surface area contributed by atoms with E-state index in [1.807, 2.05) is 18.2 Å². The number of methoxy groups -OCH3 is 2. The van der Waals surface area contributed by atoms with Gasteiger partial charge in [0.05, 0.1) is 27.3 Å². The average molecular weight is 439 g/mol. The predicted molar refractivity (Wildman–Crippen MR) is 124 cm³/mol. The van der Waals surface area contributed by atoms with Crippen molar-refractivity contribution in [2.45, 2.75) is 43.3 Å². The molecule has 0 saturated carbocycles. The minimum Gasteiger partial charge on any atom is -0.497 e. The van der Waals surface area contributed by atoms with Gasteiger partial charge in [-0.15, -0.1) is 10.2 Å². The van der Waals surface area contributed by atoms with Crippen LogP contribution in [0.5, 0.6) is 11.5 Å². The van der Waals surface area contributed by atoms with E-state index in [4.69, 9.17) is 9.47 Å². The van der Waals surface area contributed by atoms with Crippen LogP contribution in [0, 0.1) is 0 Å². The molecule has 4 rings (SSSR count). The van der Waals surface area contributed by atoms with E-state index >= 15 is 0 Å². The third-order valence-electron chi connectivity index (χ3n) is 5.64. The largest absolute Gasteiger partial charge is 0.497 e. The third kappa shape index (κ3) is 5.60. The molecule has 6 nitrogen and oxygen atoms in total. The predicted octanol–water partition coefficient (Wildman–Crippen LogP) is 4.62. The number of likely N-dealkylation sites (tertiary alicyclic amines) is 1. The van der Waals surface area contributed by atoms with Gasteiger partial charge in [-0.2, -0.15) is 0 Å². The van der Waals surface area contributed by atoms with Crippen LogP contribution in [0.3, 0.4) is 0 Å². The lowest BCUT2D eigenvalue weighted by atomic mass is 10.1. The first-order valence-corrected chi connectivity index (χ1v) is 11.8. The number of hydrogen-bond donors (Lipinski definition) is 0. The lowest BCUT2D eigenvalue weighted by Gasteiger charge is -2.26. The summed E-state index contributed by atoms with van der Waals surface area (Å²) in [7, 11) is 3.38. The van der Waals surface area contributed by atoms with E-state index < -0.39 is 0 Å². The summed E-state index contributed by atoms with van der Waals surface area (Å²) in [4.78, 5) is 2.49. The molecule has 1 aliphatic heterocycles. The van der Waals surface area contributed by atoms with Crippen LogP contribution < -0.4 is 9.47 Å². The maximum absolute atomic E-state index is 5.55. The third-order valence-corrected chi connectivity index (χ3v) is 6.65. The summed E-state index contributed by atoms with van der Waals surface area (Å²) in [5.41, 5.74) is 2.33. The fourth-order valence-electron chi connectivity index (χ4n) is 3.92. The number of hydrogen-bond acceptors (Lipinski definition) is 6. The maximum atomic E-state index is 5.55. The van der Waals surface area contributed by atoms with E-state index in [9.17, 15) is 0 Å². The second-order valence-corrected chi connectivity index (χ2v) is 8.72. The van der Waals surface area contributed by atoms with Crippen molar-refractivity contribution in [2.75, 3.05) is 27.3 Å². The van der Waals surface area contributed by atoms with E-state index in [2.05, 4.69) is 50.0 Å². The molecule has 0 amide bonds. The average Bonchev–Trinajstić information content (AvgIpc) is 3.19. The molecule has 0 bridgehead atoms. The van der Waals surface area contributed by atoms with Gasteiger partial charge in [0.15, 0.2) is 5.16 Å². The van der Waals surface area contributed by atoms with E-state index in [1.165, 1.54) is 24.8 Å². The molecule has 0 N–H and O–H groups in total. The van der Waals surface area contributed by atoms with Gasteiger partial charge in [0.1, 0.15) is 17.3 Å². The molecule has 0 atom stereocenters. The number of aromatic nitrogens is 3. The Morgan fingerprint density at radius 2 is 1.71 bits per heavy atom. The molecule has 0 unspecified atom stereocenters. The zero-order valence-corrected chi connectivity index (χ0v) is 19.1. The molecule has 0 aliphatic carbocycles. The molecule has 2 aromatic carbocycles. The highest BCUT2D eigenvalue weighted by Crippen LogP contribution is 2.31. The topological polar surface area (TPSA) is 52.4 Å². The zero-order valence-electron chi connectivity index (χ0n) is 18.3. The minimum absolute atomic E-state index is 0.733. The molecular weight excluding hydrogens is 408 g/mol. The quantitative estimate of drug-likeness (QED) is 0.454. The standard InChI is InChI=1S/C24H30N4O2S/c1-29-21-11-12-22(30-2)20(15-21)18-31-24-26-25-23(17-27-13-7-4-8-14-27)28(24)16-19-9-5-3-6-10-19/h3,5-6,9-12,15H,4,7-8,13-14,16-18H2,1-2H3. The first-order valence-electron chi connectivity index (χ1n) is 10.8. The first-order chi connectivity index (χ1) is 15.3. The Kier molecular flexibility index (Phi) is 7.48. The molecule has 164 valence electrons. The molecule has 1 saturated heterocycles. The summed E-state index contributed by atoms with van der Waals surface area (Å²) in [6.45, 7) is 3.90. The van der Waals surface area contributed by atoms with Crippen molar-refractivity contribution in [1.29, 1.82) is 0 Å². The van der Waals surface area contributed by atoms with Gasteiger partial charge in [0, 0.05) is 11.3 Å². The van der Waals surface area contributed by atoms with Crippen LogP contribution in [0.2, 0.25) is 0 Å². The van der Waals surface area contributed by atoms with Crippen LogP contribution in [-0.2, 0) is 18.8 Å². The van der Waals surface area contributed by atoms with Gasteiger partial charge in [-0.1, -0.05) is 48.5 Å². The second kappa shape index (κ2) is 10.7. The molecule has 0 spiro atoms. The number of nitrogens with zero attached hydrogens (tertiary/aromatic N) is 4. The molecule has 31 heavy (non-hydrogen) atoms. The van der Waals surface area contributed by atoms with Gasteiger partial charge in [0.25, 0.3) is 0 Å². The van der Waals surface area contributed by atoms with Crippen molar-refractivity contribution in [1.82, 2.24) is 19.7 Å². The normalized spacial score (nSPS) is 14.5. The number of ether oxygens (including phenoxy) is 2. The number of rotatable bonds is 9. The van der Waals surface area contributed by atoms with Crippen molar-refractivity contribution in [3.63, 3.8) is 0 Å². The van der Waals surface area contributed by atoms with Crippen molar-refractivity contribution in [2.24, 2.45) is 0 Å². The van der Waals surface area contributed by atoms with Crippen LogP contribution >= 0.6 is 11.8 Å². The summed E-state index contributed by atoms with van der Waals surface area (Å²) in [5.74, 6) is 3.45. The lowest BCUT2D eigenvalue weighted by Crippen LogP contribution is -2.30. The fraction of sp³-hybridized carbons (Fsp3) is 0.417. The van der Waals surface area contributed by atoms with E-state index in [-0.39, 0.29) is 0 Å². The van der Waals surface area contributed by atoms with Crippen molar-refractivity contribution in [3.05, 3.63) is 65.5 Å². The van der Waals surface area contributed by atoms with Gasteiger partial charge in [-0.3, -0.25) is 4.90 Å². The molecule has 2 heterocycles. The minimum atomic E-state index is 0.733. The van der Waals surface area contributed by atoms with Crippen LogP contribution in [0.25, 0.3) is 0 Å². The second-order valence-electron chi connectivity index (χ2n) is 7.77.